The number of rotatable bonds is 6. The van der Waals surface area contributed by atoms with E-state index in [0.717, 1.165) is 90.7 Å². The molecule has 3 saturated heterocycles. The highest BCUT2D eigenvalue weighted by Gasteiger charge is 2.64. The van der Waals surface area contributed by atoms with Gasteiger partial charge in [0.1, 0.15) is 11.2 Å². The molecule has 1 saturated carbocycles. The number of hydrogen-bond donors (Lipinski definition) is 3. The van der Waals surface area contributed by atoms with Crippen LogP contribution in [0.3, 0.4) is 0 Å². The van der Waals surface area contributed by atoms with Crippen molar-refractivity contribution in [1.82, 2.24) is 19.8 Å². The SMILES string of the molecule is CCC1CN(C)C2Cc3c([nH]c4ccccc34)C(c3c(OC)ccc4c5c([nH]c34)C3(C(=O)OC)CC4CC(C(C)O)C3N(CC5)C4)CC1C2C(=O)OC. The molecule has 4 aromatic rings. The van der Waals surface area contributed by atoms with Gasteiger partial charge in [0, 0.05) is 76.8 Å². The highest BCUT2D eigenvalue weighted by atomic mass is 16.5. The minimum absolute atomic E-state index is 0.0137. The van der Waals surface area contributed by atoms with E-state index in [4.69, 9.17) is 14.2 Å². The minimum atomic E-state index is -0.926. The molecule has 6 aliphatic rings. The zero-order chi connectivity index (χ0) is 36.9. The Bertz CT molecular complexity index is 2090. The Balaban J connectivity index is 1.31. The van der Waals surface area contributed by atoms with E-state index in [-0.39, 0.29) is 53.6 Å². The second kappa shape index (κ2) is 12.9. The number of methoxy groups -OCH3 is 3. The van der Waals surface area contributed by atoms with Crippen LogP contribution in [0, 0.1) is 29.6 Å². The molecule has 3 N–H and O–H groups in total. The Morgan fingerprint density at radius 1 is 1.02 bits per heavy atom. The molecule has 0 spiro atoms. The third kappa shape index (κ3) is 4.93. The minimum Gasteiger partial charge on any atom is -0.496 e. The van der Waals surface area contributed by atoms with Crippen molar-refractivity contribution in [3.8, 4) is 5.75 Å². The Morgan fingerprint density at radius 3 is 2.57 bits per heavy atom. The number of nitrogens with one attached hydrogen (secondary N) is 2. The smallest absolute Gasteiger partial charge is 0.319 e. The van der Waals surface area contributed by atoms with Gasteiger partial charge in [-0.15, -0.1) is 0 Å². The lowest BCUT2D eigenvalue weighted by atomic mass is 9.56. The van der Waals surface area contributed by atoms with Crippen molar-refractivity contribution in [3.05, 3.63) is 64.5 Å². The van der Waals surface area contributed by atoms with E-state index in [1.165, 1.54) is 30.9 Å². The van der Waals surface area contributed by atoms with Crippen LogP contribution in [0.4, 0.5) is 0 Å². The van der Waals surface area contributed by atoms with Crippen LogP contribution in [-0.2, 0) is 37.3 Å². The lowest BCUT2D eigenvalue weighted by molar-refractivity contribution is -0.166. The van der Waals surface area contributed by atoms with Crippen molar-refractivity contribution in [2.75, 3.05) is 48.0 Å². The molecule has 0 amide bonds. The number of H-pyrrole nitrogens is 2. The van der Waals surface area contributed by atoms with Gasteiger partial charge in [0.2, 0.25) is 0 Å². The zero-order valence-corrected chi connectivity index (χ0v) is 31.9. The van der Waals surface area contributed by atoms with Gasteiger partial charge in [0.15, 0.2) is 0 Å². The zero-order valence-electron chi connectivity index (χ0n) is 31.9. The predicted molar refractivity (Wildman–Crippen MR) is 203 cm³/mol. The highest BCUT2D eigenvalue weighted by molar-refractivity contribution is 5.95. The molecule has 4 aliphatic heterocycles. The Labute approximate surface area is 311 Å². The molecule has 4 fully saturated rings. The third-order valence-corrected chi connectivity index (χ3v) is 14.6. The fourth-order valence-corrected chi connectivity index (χ4v) is 12.5. The topological polar surface area (TPSA) is 120 Å². The van der Waals surface area contributed by atoms with Crippen molar-refractivity contribution in [2.24, 2.45) is 29.6 Å². The summed E-state index contributed by atoms with van der Waals surface area (Å²) in [6, 6.07) is 12.6. The van der Waals surface area contributed by atoms with E-state index in [1.54, 1.807) is 7.11 Å². The quantitative estimate of drug-likeness (QED) is 0.222. The van der Waals surface area contributed by atoms with Crippen molar-refractivity contribution < 1.29 is 28.9 Å². The van der Waals surface area contributed by atoms with E-state index in [0.29, 0.717) is 12.3 Å². The molecule has 53 heavy (non-hydrogen) atoms. The van der Waals surface area contributed by atoms with Crippen molar-refractivity contribution in [1.29, 1.82) is 0 Å². The fourth-order valence-electron chi connectivity index (χ4n) is 12.5. The van der Waals surface area contributed by atoms with Gasteiger partial charge in [-0.2, -0.15) is 0 Å². The molecule has 282 valence electrons. The summed E-state index contributed by atoms with van der Waals surface area (Å²) in [7, 11) is 6.94. The number of aromatic nitrogens is 2. The number of hydrogen-bond acceptors (Lipinski definition) is 8. The van der Waals surface area contributed by atoms with Crippen LogP contribution in [0.5, 0.6) is 5.75 Å². The first-order chi connectivity index (χ1) is 25.6. The molecule has 10 heteroatoms. The van der Waals surface area contributed by atoms with E-state index in [9.17, 15) is 14.7 Å². The molecular weight excluding hydrogens is 668 g/mol. The van der Waals surface area contributed by atoms with Gasteiger partial charge in [0.05, 0.1) is 38.9 Å². The van der Waals surface area contributed by atoms with Crippen molar-refractivity contribution in [3.63, 3.8) is 0 Å². The van der Waals surface area contributed by atoms with Gasteiger partial charge in [0.25, 0.3) is 0 Å². The number of carbonyl (C=O) groups is 2. The number of aliphatic hydroxyl groups excluding tert-OH is 1. The number of likely N-dealkylation sites (N-methyl/N-ethyl adjacent to an activating group) is 1. The number of nitrogens with zero attached hydrogens (tertiary/aromatic N) is 2. The van der Waals surface area contributed by atoms with E-state index in [2.05, 4.69) is 70.1 Å². The predicted octanol–water partition coefficient (Wildman–Crippen LogP) is 5.54. The maximum Gasteiger partial charge on any atom is 0.319 e. The average Bonchev–Trinajstić information content (AvgIpc) is 3.70. The highest BCUT2D eigenvalue weighted by Crippen LogP contribution is 2.57. The van der Waals surface area contributed by atoms with Gasteiger partial charge < -0.3 is 34.2 Å². The van der Waals surface area contributed by atoms with Crippen LogP contribution >= 0.6 is 0 Å². The molecule has 6 heterocycles. The number of likely N-dealkylation sites (tertiary alicyclic amines) is 1. The Kier molecular flexibility index (Phi) is 8.48. The van der Waals surface area contributed by atoms with Crippen LogP contribution in [-0.4, -0.2) is 103 Å². The number of carbonyl (C=O) groups excluding carboxylic acids is 2. The second-order valence-electron chi connectivity index (χ2n) is 16.9. The van der Waals surface area contributed by atoms with Gasteiger partial charge in [-0.05, 0) is 93.2 Å². The number of piperidine rings is 3. The molecule has 2 aliphatic carbocycles. The molecule has 2 aromatic carbocycles. The monoisotopic (exact) mass is 722 g/mol. The number of benzene rings is 2. The number of esters is 2. The summed E-state index contributed by atoms with van der Waals surface area (Å²) in [6.45, 7) is 6.80. The fraction of sp³-hybridized carbons (Fsp3) is 0.581. The standard InChI is InChI=1S/C43H54N4O6/c1-7-24-21-46(3)33-18-30-25-10-8-9-11-32(25)44-37(30)31(17-29(24)35(33)41(49)52-5)36-34(51-4)13-12-26-27-14-15-47-20-23-16-28(22(2)48)40(47)43(19-23,42(50)53-6)39(27)45-38(26)36/h8-13,22-24,28-29,31,33,35,40,44-45,48H,7,14-21H2,1-6H3. The molecule has 11 atom stereocenters. The van der Waals surface area contributed by atoms with Crippen LogP contribution in [0.15, 0.2) is 36.4 Å². The normalized spacial score (nSPS) is 34.1. The van der Waals surface area contributed by atoms with Gasteiger partial charge in [-0.3, -0.25) is 14.5 Å². The van der Waals surface area contributed by atoms with Crippen LogP contribution < -0.4 is 4.74 Å². The molecule has 6 bridgehead atoms. The van der Waals surface area contributed by atoms with Crippen LogP contribution in [0.2, 0.25) is 0 Å². The molecule has 11 unspecified atom stereocenters. The average molecular weight is 723 g/mol. The first-order valence-corrected chi connectivity index (χ1v) is 19.7. The number of aliphatic hydroxyl groups is 1. The van der Waals surface area contributed by atoms with Crippen molar-refractivity contribution >= 4 is 33.7 Å². The number of fused-ring (bicyclic) bond motifs is 9. The van der Waals surface area contributed by atoms with Gasteiger partial charge >= 0.3 is 11.9 Å². The lowest BCUT2D eigenvalue weighted by Crippen LogP contribution is -2.68. The first-order valence-electron chi connectivity index (χ1n) is 19.7. The summed E-state index contributed by atoms with van der Waals surface area (Å²) in [4.78, 5) is 41.1. The number of aromatic amines is 2. The molecule has 0 radical (unpaired) electrons. The molecule has 10 rings (SSSR count). The summed E-state index contributed by atoms with van der Waals surface area (Å²) < 4.78 is 17.6. The Morgan fingerprint density at radius 2 is 1.83 bits per heavy atom. The van der Waals surface area contributed by atoms with E-state index < -0.39 is 11.5 Å². The third-order valence-electron chi connectivity index (χ3n) is 14.6. The van der Waals surface area contributed by atoms with E-state index in [1.807, 2.05) is 6.92 Å². The molecular formula is C43H54N4O6. The van der Waals surface area contributed by atoms with Crippen molar-refractivity contribution in [2.45, 2.75) is 81.9 Å². The van der Waals surface area contributed by atoms with Crippen LogP contribution in [0.25, 0.3) is 21.8 Å². The van der Waals surface area contributed by atoms with Crippen LogP contribution in [0.1, 0.15) is 73.5 Å². The number of ether oxygens (including phenoxy) is 3. The lowest BCUT2D eigenvalue weighted by Gasteiger charge is -2.58. The maximum absolute atomic E-state index is 14.4. The summed E-state index contributed by atoms with van der Waals surface area (Å²) in [6.07, 6.45) is 4.29. The van der Waals surface area contributed by atoms with E-state index >= 15 is 0 Å². The first kappa shape index (κ1) is 34.9. The summed E-state index contributed by atoms with van der Waals surface area (Å²) in [5, 5.41) is 13.4. The summed E-state index contributed by atoms with van der Waals surface area (Å²) in [5.74, 6) is 0.665. The summed E-state index contributed by atoms with van der Waals surface area (Å²) >= 11 is 0. The second-order valence-corrected chi connectivity index (χ2v) is 16.9. The molecule has 10 nitrogen and oxygen atoms in total. The summed E-state index contributed by atoms with van der Waals surface area (Å²) in [5.41, 5.74) is 6.73. The Hall–Kier alpha value is -3.86. The number of para-hydroxylation sites is 1. The largest absolute Gasteiger partial charge is 0.496 e. The maximum atomic E-state index is 14.4. The van der Waals surface area contributed by atoms with Gasteiger partial charge in [-0.1, -0.05) is 31.5 Å². The molecule has 2 aromatic heterocycles. The van der Waals surface area contributed by atoms with Gasteiger partial charge in [-0.25, -0.2) is 0 Å².